The monoisotopic (exact) mass is 227 g/mol. The highest BCUT2D eigenvalue weighted by Gasteiger charge is 2.22. The zero-order valence-electron chi connectivity index (χ0n) is 9.12. The standard InChI is InChI=1S/C11H17NO2S/c1-3-11(2,8-13)12-10(14)7-9-5-4-6-15-9/h4-6,13H,3,7-8H2,1-2H3,(H,12,14). The molecule has 0 aliphatic rings. The highest BCUT2D eigenvalue weighted by molar-refractivity contribution is 7.10. The summed E-state index contributed by atoms with van der Waals surface area (Å²) in [6, 6.07) is 3.87. The number of aliphatic hydroxyl groups excluding tert-OH is 1. The molecule has 0 spiro atoms. The molecule has 0 aliphatic heterocycles. The molecule has 0 fully saturated rings. The van der Waals surface area contributed by atoms with Gasteiger partial charge in [-0.2, -0.15) is 0 Å². The van der Waals surface area contributed by atoms with Gasteiger partial charge in [-0.25, -0.2) is 0 Å². The zero-order valence-corrected chi connectivity index (χ0v) is 9.93. The van der Waals surface area contributed by atoms with Crippen LogP contribution < -0.4 is 5.32 Å². The summed E-state index contributed by atoms with van der Waals surface area (Å²) in [5.74, 6) is -0.0316. The number of hydrogen-bond acceptors (Lipinski definition) is 3. The van der Waals surface area contributed by atoms with Gasteiger partial charge < -0.3 is 10.4 Å². The first-order valence-electron chi connectivity index (χ1n) is 5.04. The average molecular weight is 227 g/mol. The zero-order chi connectivity index (χ0) is 11.3. The van der Waals surface area contributed by atoms with Gasteiger partial charge in [0.05, 0.1) is 18.6 Å². The Morgan fingerprint density at radius 3 is 2.87 bits per heavy atom. The predicted molar refractivity (Wildman–Crippen MR) is 61.9 cm³/mol. The smallest absolute Gasteiger partial charge is 0.225 e. The molecule has 1 atom stereocenters. The largest absolute Gasteiger partial charge is 0.394 e. The fraction of sp³-hybridized carbons (Fsp3) is 0.545. The minimum absolute atomic E-state index is 0.0281. The van der Waals surface area contributed by atoms with Gasteiger partial charge in [0.2, 0.25) is 5.91 Å². The van der Waals surface area contributed by atoms with Crippen LogP contribution in [-0.2, 0) is 11.2 Å². The van der Waals surface area contributed by atoms with E-state index in [0.29, 0.717) is 6.42 Å². The van der Waals surface area contributed by atoms with E-state index in [1.165, 1.54) is 0 Å². The Labute approximate surface area is 94.1 Å². The molecular formula is C11H17NO2S. The molecule has 3 nitrogen and oxygen atoms in total. The fourth-order valence-electron chi connectivity index (χ4n) is 1.19. The maximum absolute atomic E-state index is 11.6. The Kier molecular flexibility index (Phi) is 4.29. The summed E-state index contributed by atoms with van der Waals surface area (Å²) in [7, 11) is 0. The lowest BCUT2D eigenvalue weighted by Gasteiger charge is -2.27. The molecule has 0 saturated carbocycles. The third-order valence-electron chi connectivity index (χ3n) is 2.49. The summed E-state index contributed by atoms with van der Waals surface area (Å²) in [6.07, 6.45) is 1.12. The summed E-state index contributed by atoms with van der Waals surface area (Å²) >= 11 is 1.57. The third kappa shape index (κ3) is 3.64. The average Bonchev–Trinajstić information content (AvgIpc) is 2.70. The highest BCUT2D eigenvalue weighted by atomic mass is 32.1. The molecular weight excluding hydrogens is 210 g/mol. The summed E-state index contributed by atoms with van der Waals surface area (Å²) in [4.78, 5) is 12.7. The van der Waals surface area contributed by atoms with Crippen molar-refractivity contribution in [3.8, 4) is 0 Å². The van der Waals surface area contributed by atoms with Crippen LogP contribution in [0.15, 0.2) is 17.5 Å². The molecule has 84 valence electrons. The van der Waals surface area contributed by atoms with Gasteiger partial charge in [-0.3, -0.25) is 4.79 Å². The van der Waals surface area contributed by atoms with Crippen molar-refractivity contribution in [1.29, 1.82) is 0 Å². The van der Waals surface area contributed by atoms with E-state index in [4.69, 9.17) is 5.11 Å². The SMILES string of the molecule is CCC(C)(CO)NC(=O)Cc1cccs1. The molecule has 1 amide bonds. The van der Waals surface area contributed by atoms with Crippen molar-refractivity contribution in [3.63, 3.8) is 0 Å². The van der Waals surface area contributed by atoms with Gasteiger partial charge in [0.25, 0.3) is 0 Å². The second-order valence-corrected chi connectivity index (χ2v) is 4.91. The first-order valence-corrected chi connectivity index (χ1v) is 5.92. The first-order chi connectivity index (χ1) is 7.09. The summed E-state index contributed by atoms with van der Waals surface area (Å²) < 4.78 is 0. The topological polar surface area (TPSA) is 49.3 Å². The maximum atomic E-state index is 11.6. The number of carbonyl (C=O) groups is 1. The normalized spacial score (nSPS) is 14.6. The van der Waals surface area contributed by atoms with E-state index in [2.05, 4.69) is 5.32 Å². The lowest BCUT2D eigenvalue weighted by Crippen LogP contribution is -2.48. The van der Waals surface area contributed by atoms with E-state index in [1.54, 1.807) is 11.3 Å². The van der Waals surface area contributed by atoms with Crippen LogP contribution in [0, 0.1) is 0 Å². The van der Waals surface area contributed by atoms with E-state index in [0.717, 1.165) is 11.3 Å². The van der Waals surface area contributed by atoms with Crippen molar-refractivity contribution in [1.82, 2.24) is 5.32 Å². The molecule has 0 aliphatic carbocycles. The van der Waals surface area contributed by atoms with Crippen molar-refractivity contribution in [3.05, 3.63) is 22.4 Å². The van der Waals surface area contributed by atoms with Gasteiger partial charge in [-0.1, -0.05) is 13.0 Å². The van der Waals surface area contributed by atoms with E-state index in [-0.39, 0.29) is 12.5 Å². The summed E-state index contributed by atoms with van der Waals surface area (Å²) in [6.45, 7) is 3.76. The van der Waals surface area contributed by atoms with Crippen molar-refractivity contribution in [2.75, 3.05) is 6.61 Å². The minimum Gasteiger partial charge on any atom is -0.394 e. The van der Waals surface area contributed by atoms with Crippen LogP contribution in [0.25, 0.3) is 0 Å². The Bertz CT molecular complexity index is 304. The van der Waals surface area contributed by atoms with Gasteiger partial charge >= 0.3 is 0 Å². The van der Waals surface area contributed by atoms with Crippen LogP contribution in [-0.4, -0.2) is 23.2 Å². The fourth-order valence-corrected chi connectivity index (χ4v) is 1.90. The molecule has 15 heavy (non-hydrogen) atoms. The van der Waals surface area contributed by atoms with Crippen molar-refractivity contribution < 1.29 is 9.90 Å². The van der Waals surface area contributed by atoms with E-state index >= 15 is 0 Å². The molecule has 2 N–H and O–H groups in total. The molecule has 1 aromatic heterocycles. The van der Waals surface area contributed by atoms with Crippen molar-refractivity contribution in [2.45, 2.75) is 32.2 Å². The molecule has 1 aromatic rings. The Balaban J connectivity index is 2.49. The van der Waals surface area contributed by atoms with Crippen molar-refractivity contribution in [2.24, 2.45) is 0 Å². The Morgan fingerprint density at radius 2 is 2.40 bits per heavy atom. The second-order valence-electron chi connectivity index (χ2n) is 3.88. The number of rotatable bonds is 5. The lowest BCUT2D eigenvalue weighted by molar-refractivity contribution is -0.122. The highest BCUT2D eigenvalue weighted by Crippen LogP contribution is 2.11. The van der Waals surface area contributed by atoms with Crippen LogP contribution in [0.5, 0.6) is 0 Å². The van der Waals surface area contributed by atoms with Crippen LogP contribution in [0.1, 0.15) is 25.1 Å². The third-order valence-corrected chi connectivity index (χ3v) is 3.36. The predicted octanol–water partition coefficient (Wildman–Crippen LogP) is 1.57. The van der Waals surface area contributed by atoms with Gasteiger partial charge in [0, 0.05) is 4.88 Å². The van der Waals surface area contributed by atoms with E-state index < -0.39 is 5.54 Å². The van der Waals surface area contributed by atoms with Gasteiger partial charge in [0.15, 0.2) is 0 Å². The van der Waals surface area contributed by atoms with Gasteiger partial charge in [-0.05, 0) is 24.8 Å². The van der Waals surface area contributed by atoms with Gasteiger partial charge in [-0.15, -0.1) is 11.3 Å². The molecule has 0 bridgehead atoms. The summed E-state index contributed by atoms with van der Waals surface area (Å²) in [5, 5.41) is 13.9. The molecule has 1 unspecified atom stereocenters. The number of hydrogen-bond donors (Lipinski definition) is 2. The first kappa shape index (κ1) is 12.2. The molecule has 1 rings (SSSR count). The number of amides is 1. The second kappa shape index (κ2) is 5.28. The molecule has 0 radical (unpaired) electrons. The Hall–Kier alpha value is -0.870. The number of thiophene rings is 1. The molecule has 0 saturated heterocycles. The quantitative estimate of drug-likeness (QED) is 0.802. The lowest BCUT2D eigenvalue weighted by atomic mass is 10.00. The Morgan fingerprint density at radius 1 is 1.67 bits per heavy atom. The molecule has 1 heterocycles. The van der Waals surface area contributed by atoms with E-state index in [1.807, 2.05) is 31.4 Å². The van der Waals surface area contributed by atoms with Gasteiger partial charge in [0.1, 0.15) is 0 Å². The molecule has 4 heteroatoms. The number of carbonyl (C=O) groups excluding carboxylic acids is 1. The minimum atomic E-state index is -0.492. The van der Waals surface area contributed by atoms with Crippen LogP contribution in [0.4, 0.5) is 0 Å². The van der Waals surface area contributed by atoms with Crippen molar-refractivity contribution >= 4 is 17.2 Å². The summed E-state index contributed by atoms with van der Waals surface area (Å²) in [5.41, 5.74) is -0.492. The number of aliphatic hydroxyl groups is 1. The molecule has 0 aromatic carbocycles. The van der Waals surface area contributed by atoms with Crippen LogP contribution in [0.2, 0.25) is 0 Å². The maximum Gasteiger partial charge on any atom is 0.225 e. The van der Waals surface area contributed by atoms with Crippen LogP contribution >= 0.6 is 11.3 Å². The van der Waals surface area contributed by atoms with E-state index in [9.17, 15) is 4.79 Å². The number of nitrogens with one attached hydrogen (secondary N) is 1. The van der Waals surface area contributed by atoms with Crippen LogP contribution in [0.3, 0.4) is 0 Å².